The third kappa shape index (κ3) is 3.67. The average molecular weight is 264 g/mol. The van der Waals surface area contributed by atoms with Crippen molar-refractivity contribution in [3.05, 3.63) is 24.0 Å². The van der Waals surface area contributed by atoms with Gasteiger partial charge in [0.05, 0.1) is 18.4 Å². The number of aromatic nitrogens is 1. The monoisotopic (exact) mass is 264 g/mol. The van der Waals surface area contributed by atoms with Gasteiger partial charge in [-0.1, -0.05) is 6.92 Å². The van der Waals surface area contributed by atoms with Crippen LogP contribution in [-0.2, 0) is 4.74 Å². The number of hydrogen-bond donors (Lipinski definition) is 1. The summed E-state index contributed by atoms with van der Waals surface area (Å²) >= 11 is 0. The minimum absolute atomic E-state index is 0.0212. The van der Waals surface area contributed by atoms with E-state index in [9.17, 15) is 9.90 Å². The fourth-order valence-electron chi connectivity index (χ4n) is 2.27. The highest BCUT2D eigenvalue weighted by molar-refractivity contribution is 5.94. The fraction of sp³-hybridized carbons (Fsp3) is 0.571. The Labute approximate surface area is 113 Å². The number of amides is 1. The molecule has 1 atom stereocenters. The summed E-state index contributed by atoms with van der Waals surface area (Å²) in [5.74, 6) is 0.370. The third-order valence-electron chi connectivity index (χ3n) is 3.25. The maximum atomic E-state index is 12.2. The van der Waals surface area contributed by atoms with Gasteiger partial charge in [-0.15, -0.1) is 0 Å². The van der Waals surface area contributed by atoms with E-state index in [1.807, 2.05) is 0 Å². The lowest BCUT2D eigenvalue weighted by atomic mass is 10.1. The Balaban J connectivity index is 1.88. The van der Waals surface area contributed by atoms with Crippen LogP contribution in [0.2, 0.25) is 0 Å². The summed E-state index contributed by atoms with van der Waals surface area (Å²) < 4.78 is 5.53. The van der Waals surface area contributed by atoms with E-state index in [0.717, 1.165) is 39.1 Å². The van der Waals surface area contributed by atoms with Crippen LogP contribution in [0, 0.1) is 5.92 Å². The Hall–Kier alpha value is -1.62. The predicted octanol–water partition coefficient (Wildman–Crippen LogP) is 1.68. The number of nitrogens with zero attached hydrogens (tertiary/aromatic N) is 2. The van der Waals surface area contributed by atoms with Gasteiger partial charge in [0.2, 0.25) is 0 Å². The summed E-state index contributed by atoms with van der Waals surface area (Å²) in [4.78, 5) is 17.8. The standard InChI is InChI=1S/C14H20N2O3/c1-2-5-19-10-11-3-4-16(9-11)14(18)12-6-13(17)8-15-7-12/h6-8,11,17H,2-5,9-10H2,1H3/t11-/m1/s1. The molecule has 5 nitrogen and oxygen atoms in total. The molecule has 104 valence electrons. The number of rotatable bonds is 5. The maximum Gasteiger partial charge on any atom is 0.255 e. The van der Waals surface area contributed by atoms with Crippen LogP contribution in [0.5, 0.6) is 5.75 Å². The van der Waals surface area contributed by atoms with E-state index >= 15 is 0 Å². The highest BCUT2D eigenvalue weighted by atomic mass is 16.5. The zero-order chi connectivity index (χ0) is 13.7. The van der Waals surface area contributed by atoms with E-state index < -0.39 is 0 Å². The summed E-state index contributed by atoms with van der Waals surface area (Å²) in [6.07, 6.45) is 4.80. The molecule has 1 aliphatic heterocycles. The summed E-state index contributed by atoms with van der Waals surface area (Å²) in [6, 6.07) is 1.45. The van der Waals surface area contributed by atoms with Crippen molar-refractivity contribution in [1.29, 1.82) is 0 Å². The largest absolute Gasteiger partial charge is 0.506 e. The second-order valence-corrected chi connectivity index (χ2v) is 4.91. The fourth-order valence-corrected chi connectivity index (χ4v) is 2.27. The summed E-state index contributed by atoms with van der Waals surface area (Å²) in [5, 5.41) is 9.35. The molecule has 1 saturated heterocycles. The van der Waals surface area contributed by atoms with Crippen LogP contribution in [0.3, 0.4) is 0 Å². The van der Waals surface area contributed by atoms with Crippen LogP contribution >= 0.6 is 0 Å². The molecule has 0 bridgehead atoms. The summed E-state index contributed by atoms with van der Waals surface area (Å²) in [5.41, 5.74) is 0.440. The Morgan fingerprint density at radius 3 is 3.16 bits per heavy atom. The van der Waals surface area contributed by atoms with Crippen LogP contribution < -0.4 is 0 Å². The molecule has 0 saturated carbocycles. The predicted molar refractivity (Wildman–Crippen MR) is 71.0 cm³/mol. The van der Waals surface area contributed by atoms with Crippen LogP contribution in [0.15, 0.2) is 18.5 Å². The lowest BCUT2D eigenvalue weighted by molar-refractivity contribution is 0.0753. The number of likely N-dealkylation sites (tertiary alicyclic amines) is 1. The van der Waals surface area contributed by atoms with Gasteiger partial charge in [-0.2, -0.15) is 0 Å². The molecule has 1 aliphatic rings. The van der Waals surface area contributed by atoms with Gasteiger partial charge in [0.1, 0.15) is 5.75 Å². The van der Waals surface area contributed by atoms with E-state index in [1.165, 1.54) is 18.5 Å². The van der Waals surface area contributed by atoms with Crippen molar-refractivity contribution in [3.63, 3.8) is 0 Å². The Kier molecular flexibility index (Phi) is 4.74. The van der Waals surface area contributed by atoms with E-state index in [2.05, 4.69) is 11.9 Å². The Morgan fingerprint density at radius 2 is 2.42 bits per heavy atom. The van der Waals surface area contributed by atoms with E-state index in [1.54, 1.807) is 4.90 Å². The topological polar surface area (TPSA) is 62.7 Å². The Bertz CT molecular complexity index is 436. The van der Waals surface area contributed by atoms with Gasteiger partial charge in [-0.25, -0.2) is 0 Å². The molecule has 0 unspecified atom stereocenters. The number of pyridine rings is 1. The lowest BCUT2D eigenvalue weighted by Gasteiger charge is -2.16. The van der Waals surface area contributed by atoms with Crippen molar-refractivity contribution >= 4 is 5.91 Å². The van der Waals surface area contributed by atoms with Gasteiger partial charge in [0.15, 0.2) is 0 Å². The third-order valence-corrected chi connectivity index (χ3v) is 3.25. The van der Waals surface area contributed by atoms with Crippen molar-refractivity contribution in [3.8, 4) is 5.75 Å². The SMILES string of the molecule is CCCOC[C@@H]1CCN(C(=O)c2cncc(O)c2)C1. The summed E-state index contributed by atoms with van der Waals surface area (Å²) in [6.45, 7) is 5.04. The molecule has 2 heterocycles. The van der Waals surface area contributed by atoms with Crippen LogP contribution in [0.25, 0.3) is 0 Å². The minimum Gasteiger partial charge on any atom is -0.506 e. The molecule has 19 heavy (non-hydrogen) atoms. The quantitative estimate of drug-likeness (QED) is 0.822. The van der Waals surface area contributed by atoms with Gasteiger partial charge in [-0.05, 0) is 18.9 Å². The first-order chi connectivity index (χ1) is 9.20. The van der Waals surface area contributed by atoms with Gasteiger partial charge >= 0.3 is 0 Å². The van der Waals surface area contributed by atoms with Crippen molar-refractivity contribution in [2.45, 2.75) is 19.8 Å². The molecular weight excluding hydrogens is 244 g/mol. The van der Waals surface area contributed by atoms with Crippen molar-refractivity contribution in [1.82, 2.24) is 9.88 Å². The van der Waals surface area contributed by atoms with Crippen LogP contribution in [0.1, 0.15) is 30.1 Å². The van der Waals surface area contributed by atoms with Gasteiger partial charge in [0, 0.05) is 31.8 Å². The zero-order valence-electron chi connectivity index (χ0n) is 11.2. The second kappa shape index (κ2) is 6.52. The molecular formula is C14H20N2O3. The van der Waals surface area contributed by atoms with E-state index in [0.29, 0.717) is 11.5 Å². The molecule has 1 aromatic rings. The lowest BCUT2D eigenvalue weighted by Crippen LogP contribution is -2.29. The van der Waals surface area contributed by atoms with Gasteiger partial charge in [0.25, 0.3) is 5.91 Å². The first-order valence-electron chi connectivity index (χ1n) is 6.71. The highest BCUT2D eigenvalue weighted by Gasteiger charge is 2.27. The van der Waals surface area contributed by atoms with Gasteiger partial charge in [-0.3, -0.25) is 9.78 Å². The summed E-state index contributed by atoms with van der Waals surface area (Å²) in [7, 11) is 0. The van der Waals surface area contributed by atoms with Crippen molar-refractivity contribution < 1.29 is 14.6 Å². The molecule has 0 radical (unpaired) electrons. The molecule has 0 aromatic carbocycles. The molecule has 5 heteroatoms. The first kappa shape index (κ1) is 13.8. The second-order valence-electron chi connectivity index (χ2n) is 4.91. The molecule has 0 spiro atoms. The number of aromatic hydroxyl groups is 1. The van der Waals surface area contributed by atoms with E-state index in [4.69, 9.17) is 4.74 Å². The number of hydrogen-bond acceptors (Lipinski definition) is 4. The smallest absolute Gasteiger partial charge is 0.255 e. The highest BCUT2D eigenvalue weighted by Crippen LogP contribution is 2.20. The normalized spacial score (nSPS) is 18.8. The van der Waals surface area contributed by atoms with Crippen LogP contribution in [0.4, 0.5) is 0 Å². The Morgan fingerprint density at radius 1 is 1.58 bits per heavy atom. The van der Waals surface area contributed by atoms with Crippen molar-refractivity contribution in [2.75, 3.05) is 26.3 Å². The van der Waals surface area contributed by atoms with Crippen LogP contribution in [-0.4, -0.2) is 47.2 Å². The average Bonchev–Trinajstić information content (AvgIpc) is 2.87. The van der Waals surface area contributed by atoms with Crippen molar-refractivity contribution in [2.24, 2.45) is 5.92 Å². The number of carbonyl (C=O) groups excluding carboxylic acids is 1. The molecule has 1 N–H and O–H groups in total. The molecule has 0 aliphatic carbocycles. The number of carbonyl (C=O) groups is 1. The van der Waals surface area contributed by atoms with Gasteiger partial charge < -0.3 is 14.7 Å². The molecule has 2 rings (SSSR count). The minimum atomic E-state index is -0.0682. The molecule has 1 aromatic heterocycles. The van der Waals surface area contributed by atoms with E-state index in [-0.39, 0.29) is 11.7 Å². The first-order valence-corrected chi connectivity index (χ1v) is 6.71. The number of ether oxygens (including phenoxy) is 1. The maximum absolute atomic E-state index is 12.2. The molecule has 1 fully saturated rings. The molecule has 1 amide bonds. The zero-order valence-corrected chi connectivity index (χ0v) is 11.2.